The van der Waals surface area contributed by atoms with Crippen LogP contribution >= 0.6 is 11.6 Å². The maximum Gasteiger partial charge on any atom is 0.259 e. The second-order valence-electron chi connectivity index (χ2n) is 9.40. The van der Waals surface area contributed by atoms with E-state index in [0.29, 0.717) is 34.0 Å². The van der Waals surface area contributed by atoms with E-state index < -0.39 is 6.04 Å². The van der Waals surface area contributed by atoms with Crippen molar-refractivity contribution in [2.75, 3.05) is 17.3 Å². The SMILES string of the molecule is COc1ccccc1C1C2=C(CC(c3ccco3)CC2=O)Nc2ccccc2N1C(=O)c1ccc(Cl)cc1. The number of hydrogen-bond donors (Lipinski definition) is 1. The number of amides is 1. The maximum absolute atomic E-state index is 14.3. The normalized spacial score (nSPS) is 18.8. The zero-order valence-corrected chi connectivity index (χ0v) is 21.4. The van der Waals surface area contributed by atoms with Crippen molar-refractivity contribution in [3.05, 3.63) is 124 Å². The highest BCUT2D eigenvalue weighted by Crippen LogP contribution is 2.49. The Morgan fingerprint density at radius 2 is 1.74 bits per heavy atom. The molecule has 6 nitrogen and oxygen atoms in total. The van der Waals surface area contributed by atoms with Crippen LogP contribution in [0.2, 0.25) is 5.02 Å². The number of furan rings is 1. The molecule has 6 rings (SSSR count). The van der Waals surface area contributed by atoms with E-state index in [0.717, 1.165) is 22.7 Å². The Balaban J connectivity index is 1.60. The van der Waals surface area contributed by atoms with Crippen molar-refractivity contribution in [2.45, 2.75) is 24.8 Å². The van der Waals surface area contributed by atoms with Gasteiger partial charge in [0, 0.05) is 39.8 Å². The number of ketones is 1. The first-order chi connectivity index (χ1) is 18.5. The van der Waals surface area contributed by atoms with E-state index in [1.54, 1.807) is 42.5 Å². The van der Waals surface area contributed by atoms with Crippen LogP contribution in [0.15, 0.2) is 107 Å². The molecular formula is C31H25ClN2O4. The second kappa shape index (κ2) is 9.88. The molecule has 1 aliphatic carbocycles. The summed E-state index contributed by atoms with van der Waals surface area (Å²) in [5, 5.41) is 4.07. The number of rotatable bonds is 4. The highest BCUT2D eigenvalue weighted by molar-refractivity contribution is 6.30. The van der Waals surface area contributed by atoms with Gasteiger partial charge in [-0.15, -0.1) is 0 Å². The van der Waals surface area contributed by atoms with Crippen molar-refractivity contribution in [1.29, 1.82) is 0 Å². The number of benzene rings is 3. The van der Waals surface area contributed by atoms with Crippen LogP contribution in [0.25, 0.3) is 0 Å². The molecule has 3 aromatic carbocycles. The van der Waals surface area contributed by atoms with Crippen molar-refractivity contribution in [3.63, 3.8) is 0 Å². The molecular weight excluding hydrogens is 500 g/mol. The molecule has 0 saturated heterocycles. The van der Waals surface area contributed by atoms with Crippen LogP contribution < -0.4 is 15.0 Å². The standard InChI is InChI=1S/C31H25ClN2O4/c1-37-28-10-5-2-7-22(28)30-29-24(17-20(18-26(29)35)27-11-6-16-38-27)33-23-8-3-4-9-25(23)34(30)31(36)19-12-14-21(32)15-13-19/h2-16,20,30,33H,17-18H2,1H3. The molecule has 1 aliphatic heterocycles. The van der Waals surface area contributed by atoms with Crippen LogP contribution in [0, 0.1) is 0 Å². The fourth-order valence-corrected chi connectivity index (χ4v) is 5.58. The van der Waals surface area contributed by atoms with Crippen LogP contribution in [0.5, 0.6) is 5.75 Å². The van der Waals surface area contributed by atoms with Gasteiger partial charge in [0.2, 0.25) is 0 Å². The van der Waals surface area contributed by atoms with Crippen molar-refractivity contribution >= 4 is 34.7 Å². The molecule has 0 fully saturated rings. The third-order valence-electron chi connectivity index (χ3n) is 7.18. The van der Waals surface area contributed by atoms with Crippen LogP contribution in [0.1, 0.15) is 46.5 Å². The zero-order valence-electron chi connectivity index (χ0n) is 20.7. The van der Waals surface area contributed by atoms with Gasteiger partial charge in [0.05, 0.1) is 30.8 Å². The topological polar surface area (TPSA) is 71.8 Å². The van der Waals surface area contributed by atoms with E-state index in [1.807, 2.05) is 60.7 Å². The minimum Gasteiger partial charge on any atom is -0.496 e. The minimum absolute atomic E-state index is 0.0437. The van der Waals surface area contributed by atoms with Gasteiger partial charge in [-0.2, -0.15) is 0 Å². The van der Waals surface area contributed by atoms with E-state index in [2.05, 4.69) is 5.32 Å². The highest BCUT2D eigenvalue weighted by atomic mass is 35.5. The molecule has 2 heterocycles. The molecule has 2 unspecified atom stereocenters. The molecule has 2 aliphatic rings. The van der Waals surface area contributed by atoms with Crippen LogP contribution in [-0.2, 0) is 4.79 Å². The first kappa shape index (κ1) is 24.1. The smallest absolute Gasteiger partial charge is 0.259 e. The van der Waals surface area contributed by atoms with Gasteiger partial charge in [-0.25, -0.2) is 0 Å². The summed E-state index contributed by atoms with van der Waals surface area (Å²) in [5.74, 6) is 0.970. The number of allylic oxidation sites excluding steroid dienone is 1. The van der Waals surface area contributed by atoms with Crippen molar-refractivity contribution in [3.8, 4) is 5.75 Å². The van der Waals surface area contributed by atoms with Gasteiger partial charge in [0.25, 0.3) is 5.91 Å². The molecule has 38 heavy (non-hydrogen) atoms. The van der Waals surface area contributed by atoms with Gasteiger partial charge >= 0.3 is 0 Å². The van der Waals surface area contributed by atoms with Crippen LogP contribution in [-0.4, -0.2) is 18.8 Å². The van der Waals surface area contributed by atoms with Gasteiger partial charge < -0.3 is 14.5 Å². The number of nitrogens with one attached hydrogen (secondary N) is 1. The Kier molecular flexibility index (Phi) is 6.26. The fourth-order valence-electron chi connectivity index (χ4n) is 5.46. The van der Waals surface area contributed by atoms with Gasteiger partial charge in [-0.3, -0.25) is 14.5 Å². The van der Waals surface area contributed by atoms with E-state index in [9.17, 15) is 9.59 Å². The Hall–Kier alpha value is -4.29. The molecule has 1 aromatic heterocycles. The Labute approximate surface area is 225 Å². The van der Waals surface area contributed by atoms with Crippen molar-refractivity contribution in [2.24, 2.45) is 0 Å². The number of anilines is 2. The Morgan fingerprint density at radius 1 is 0.974 bits per heavy atom. The molecule has 1 amide bonds. The summed E-state index contributed by atoms with van der Waals surface area (Å²) in [6.45, 7) is 0. The average molecular weight is 525 g/mol. The average Bonchev–Trinajstić information content (AvgIpc) is 3.43. The number of carbonyl (C=O) groups is 2. The number of fused-ring (bicyclic) bond motifs is 1. The Morgan fingerprint density at radius 3 is 2.50 bits per heavy atom. The largest absolute Gasteiger partial charge is 0.496 e. The molecule has 190 valence electrons. The number of carbonyl (C=O) groups excluding carboxylic acids is 2. The summed E-state index contributed by atoms with van der Waals surface area (Å²) < 4.78 is 11.4. The molecule has 1 N–H and O–H groups in total. The quantitative estimate of drug-likeness (QED) is 0.307. The van der Waals surface area contributed by atoms with Gasteiger partial charge in [0.1, 0.15) is 11.5 Å². The van der Waals surface area contributed by atoms with Crippen LogP contribution in [0.4, 0.5) is 11.4 Å². The number of hydrogen-bond acceptors (Lipinski definition) is 5. The van der Waals surface area contributed by atoms with Gasteiger partial charge in [-0.05, 0) is 61.0 Å². The lowest BCUT2D eigenvalue weighted by Gasteiger charge is -2.35. The molecule has 0 bridgehead atoms. The van der Waals surface area contributed by atoms with E-state index in [4.69, 9.17) is 20.8 Å². The Bertz CT molecular complexity index is 1540. The van der Waals surface area contributed by atoms with Gasteiger partial charge in [0.15, 0.2) is 5.78 Å². The first-order valence-electron chi connectivity index (χ1n) is 12.4. The zero-order chi connectivity index (χ0) is 26.2. The molecule has 0 spiro atoms. The molecule has 0 radical (unpaired) electrons. The number of nitrogens with zero attached hydrogens (tertiary/aromatic N) is 1. The first-order valence-corrected chi connectivity index (χ1v) is 12.8. The third kappa shape index (κ3) is 4.17. The number of halogens is 1. The molecule has 7 heteroatoms. The van der Waals surface area contributed by atoms with Crippen LogP contribution in [0.3, 0.4) is 0 Å². The fraction of sp³-hybridized carbons (Fsp3) is 0.161. The number of para-hydroxylation sites is 3. The predicted molar refractivity (Wildman–Crippen MR) is 147 cm³/mol. The summed E-state index contributed by atoms with van der Waals surface area (Å²) >= 11 is 6.13. The van der Waals surface area contributed by atoms with Crippen molar-refractivity contribution in [1.82, 2.24) is 0 Å². The summed E-state index contributed by atoms with van der Waals surface area (Å²) in [6.07, 6.45) is 2.47. The number of Topliss-reactive ketones (excluding diaryl/α,β-unsaturated/α-hetero) is 1. The van der Waals surface area contributed by atoms with E-state index >= 15 is 0 Å². The lowest BCUT2D eigenvalue weighted by atomic mass is 9.79. The summed E-state index contributed by atoms with van der Waals surface area (Å²) in [4.78, 5) is 30.0. The minimum atomic E-state index is -0.717. The molecule has 2 atom stereocenters. The summed E-state index contributed by atoms with van der Waals surface area (Å²) in [6, 6.07) is 25.0. The monoisotopic (exact) mass is 524 g/mol. The second-order valence-corrected chi connectivity index (χ2v) is 9.84. The van der Waals surface area contributed by atoms with Crippen molar-refractivity contribution < 1.29 is 18.7 Å². The number of methoxy groups -OCH3 is 1. The maximum atomic E-state index is 14.3. The lowest BCUT2D eigenvalue weighted by Crippen LogP contribution is -2.38. The summed E-state index contributed by atoms with van der Waals surface area (Å²) in [5.41, 5.74) is 3.93. The third-order valence-corrected chi connectivity index (χ3v) is 7.43. The number of ether oxygens (including phenoxy) is 1. The van der Waals surface area contributed by atoms with E-state index in [1.165, 1.54) is 0 Å². The predicted octanol–water partition coefficient (Wildman–Crippen LogP) is 7.16. The highest BCUT2D eigenvalue weighted by Gasteiger charge is 2.43. The van der Waals surface area contributed by atoms with E-state index in [-0.39, 0.29) is 24.0 Å². The summed E-state index contributed by atoms with van der Waals surface area (Å²) in [7, 11) is 1.60. The molecule has 4 aromatic rings. The molecule has 0 saturated carbocycles. The van der Waals surface area contributed by atoms with Gasteiger partial charge in [-0.1, -0.05) is 41.9 Å². The lowest BCUT2D eigenvalue weighted by molar-refractivity contribution is -0.116.